The zero-order chi connectivity index (χ0) is 18.4. The molecule has 0 unspecified atom stereocenters. The fourth-order valence-corrected chi connectivity index (χ4v) is 3.63. The van der Waals surface area contributed by atoms with Gasteiger partial charge in [-0.2, -0.15) is 0 Å². The van der Waals surface area contributed by atoms with E-state index in [4.69, 9.17) is 16.0 Å². The fraction of sp³-hybridized carbons (Fsp3) is 0.150. The van der Waals surface area contributed by atoms with E-state index in [9.17, 15) is 9.18 Å². The molecule has 3 rings (SSSR count). The number of benzene rings is 2. The zero-order valence-electron chi connectivity index (χ0n) is 13.9. The van der Waals surface area contributed by atoms with Crippen LogP contribution in [0, 0.1) is 5.82 Å². The lowest BCUT2D eigenvalue weighted by Gasteiger charge is -2.05. The summed E-state index contributed by atoms with van der Waals surface area (Å²) in [6, 6.07) is 17.7. The number of carbonyl (C=O) groups is 1. The summed E-state index contributed by atoms with van der Waals surface area (Å²) in [6.45, 7) is 0.441. The number of furan rings is 1. The predicted octanol–water partition coefficient (Wildman–Crippen LogP) is 5.44. The van der Waals surface area contributed by atoms with Crippen LogP contribution in [0.5, 0.6) is 0 Å². The minimum Gasteiger partial charge on any atom is -0.455 e. The first-order chi connectivity index (χ1) is 12.6. The van der Waals surface area contributed by atoms with Gasteiger partial charge < -0.3 is 9.73 Å². The van der Waals surface area contributed by atoms with Crippen LogP contribution in [0.4, 0.5) is 4.39 Å². The molecule has 3 aromatic rings. The highest BCUT2D eigenvalue weighted by Gasteiger charge is 2.12. The summed E-state index contributed by atoms with van der Waals surface area (Å²) in [4.78, 5) is 12.1. The molecular weight excluding hydrogens is 373 g/mol. The first-order valence-corrected chi connectivity index (χ1v) is 9.58. The van der Waals surface area contributed by atoms with Crippen molar-refractivity contribution in [2.24, 2.45) is 0 Å². The Bertz CT molecular complexity index is 862. The molecular formula is C20H17ClFNO2S. The van der Waals surface area contributed by atoms with Gasteiger partial charge >= 0.3 is 0 Å². The van der Waals surface area contributed by atoms with E-state index in [1.165, 1.54) is 17.8 Å². The van der Waals surface area contributed by atoms with Crippen molar-refractivity contribution in [1.82, 2.24) is 5.32 Å². The number of hydrogen-bond donors (Lipinski definition) is 1. The van der Waals surface area contributed by atoms with E-state index in [0.29, 0.717) is 34.4 Å². The molecule has 0 spiro atoms. The molecule has 6 heteroatoms. The zero-order valence-corrected chi connectivity index (χ0v) is 15.4. The van der Waals surface area contributed by atoms with Crippen LogP contribution >= 0.6 is 23.4 Å². The molecule has 1 N–H and O–H groups in total. The number of thioether (sulfide) groups is 1. The third kappa shape index (κ3) is 4.90. The van der Waals surface area contributed by atoms with Gasteiger partial charge in [-0.1, -0.05) is 48.0 Å². The summed E-state index contributed by atoms with van der Waals surface area (Å²) in [6.07, 6.45) is 0. The first-order valence-electron chi connectivity index (χ1n) is 8.05. The molecule has 134 valence electrons. The molecule has 0 radical (unpaired) electrons. The summed E-state index contributed by atoms with van der Waals surface area (Å²) in [5.41, 5.74) is 1.50. The largest absolute Gasteiger partial charge is 0.455 e. The summed E-state index contributed by atoms with van der Waals surface area (Å²) in [5.74, 6) is 1.30. The molecule has 26 heavy (non-hydrogen) atoms. The summed E-state index contributed by atoms with van der Waals surface area (Å²) >= 11 is 7.49. The van der Waals surface area contributed by atoms with Gasteiger partial charge in [0.25, 0.3) is 5.91 Å². The minimum absolute atomic E-state index is 0.262. The highest BCUT2D eigenvalue weighted by Crippen LogP contribution is 2.26. The van der Waals surface area contributed by atoms with Crippen molar-refractivity contribution in [2.75, 3.05) is 0 Å². The first kappa shape index (κ1) is 18.5. The Balaban J connectivity index is 1.50. The monoisotopic (exact) mass is 389 g/mol. The number of carbonyl (C=O) groups excluding carboxylic acids is 1. The van der Waals surface area contributed by atoms with Crippen LogP contribution in [0.2, 0.25) is 5.02 Å². The highest BCUT2D eigenvalue weighted by atomic mass is 35.5. The van der Waals surface area contributed by atoms with Gasteiger partial charge in [0.1, 0.15) is 11.6 Å². The van der Waals surface area contributed by atoms with Crippen molar-refractivity contribution in [3.8, 4) is 0 Å². The second-order valence-corrected chi connectivity index (χ2v) is 7.02. The van der Waals surface area contributed by atoms with E-state index in [1.807, 2.05) is 30.3 Å². The van der Waals surface area contributed by atoms with Crippen LogP contribution in [0.15, 0.2) is 65.1 Å². The molecule has 2 aromatic carbocycles. The van der Waals surface area contributed by atoms with Gasteiger partial charge in [-0.15, -0.1) is 11.8 Å². The van der Waals surface area contributed by atoms with Gasteiger partial charge in [0.2, 0.25) is 0 Å². The molecule has 0 fully saturated rings. The Labute approximate surface area is 160 Å². The fourth-order valence-electron chi connectivity index (χ4n) is 2.37. The lowest BCUT2D eigenvalue weighted by Crippen LogP contribution is -2.22. The van der Waals surface area contributed by atoms with Crippen LogP contribution < -0.4 is 5.32 Å². The standard InChI is InChI=1S/C20H17ClFNO2S/c21-17-7-4-8-18(22)16(17)13-26-12-15-9-10-19(25-15)20(24)23-11-14-5-2-1-3-6-14/h1-10H,11-13H2,(H,23,24). The van der Waals surface area contributed by atoms with Gasteiger partial charge in [-0.25, -0.2) is 4.39 Å². The Morgan fingerprint density at radius 2 is 1.85 bits per heavy atom. The molecule has 0 aliphatic heterocycles. The van der Waals surface area contributed by atoms with Crippen LogP contribution in [-0.4, -0.2) is 5.91 Å². The van der Waals surface area contributed by atoms with Gasteiger partial charge in [0.05, 0.1) is 5.75 Å². The van der Waals surface area contributed by atoms with Crippen LogP contribution in [0.25, 0.3) is 0 Å². The molecule has 3 nitrogen and oxygen atoms in total. The van der Waals surface area contributed by atoms with Crippen molar-refractivity contribution < 1.29 is 13.6 Å². The van der Waals surface area contributed by atoms with Gasteiger partial charge in [-0.3, -0.25) is 4.79 Å². The van der Waals surface area contributed by atoms with E-state index < -0.39 is 0 Å². The topological polar surface area (TPSA) is 42.2 Å². The van der Waals surface area contributed by atoms with E-state index in [0.717, 1.165) is 5.56 Å². The number of hydrogen-bond acceptors (Lipinski definition) is 3. The van der Waals surface area contributed by atoms with Gasteiger partial charge in [0.15, 0.2) is 5.76 Å². The highest BCUT2D eigenvalue weighted by molar-refractivity contribution is 7.97. The van der Waals surface area contributed by atoms with E-state index >= 15 is 0 Å². The molecule has 1 aromatic heterocycles. The minimum atomic E-state index is -0.314. The maximum Gasteiger partial charge on any atom is 0.287 e. The van der Waals surface area contributed by atoms with Crippen molar-refractivity contribution in [3.63, 3.8) is 0 Å². The smallest absolute Gasteiger partial charge is 0.287 e. The average Bonchev–Trinajstić information content (AvgIpc) is 3.12. The average molecular weight is 390 g/mol. The quantitative estimate of drug-likeness (QED) is 0.585. The summed E-state index contributed by atoms with van der Waals surface area (Å²) < 4.78 is 19.3. The Kier molecular flexibility index (Phi) is 6.36. The summed E-state index contributed by atoms with van der Waals surface area (Å²) in [7, 11) is 0. The molecule has 0 saturated heterocycles. The maximum atomic E-state index is 13.7. The predicted molar refractivity (Wildman–Crippen MR) is 103 cm³/mol. The van der Waals surface area contributed by atoms with E-state index in [1.54, 1.807) is 24.3 Å². The SMILES string of the molecule is O=C(NCc1ccccc1)c1ccc(CSCc2c(F)cccc2Cl)o1. The Hall–Kier alpha value is -2.24. The van der Waals surface area contributed by atoms with Crippen molar-refractivity contribution in [3.05, 3.63) is 94.2 Å². The van der Waals surface area contributed by atoms with E-state index in [-0.39, 0.29) is 17.5 Å². The van der Waals surface area contributed by atoms with Crippen molar-refractivity contribution >= 4 is 29.3 Å². The second-order valence-electron chi connectivity index (χ2n) is 5.63. The van der Waals surface area contributed by atoms with Gasteiger partial charge in [-0.05, 0) is 29.8 Å². The second kappa shape index (κ2) is 8.92. The third-order valence-electron chi connectivity index (χ3n) is 3.73. The maximum absolute atomic E-state index is 13.7. The number of halogens is 2. The van der Waals surface area contributed by atoms with Gasteiger partial charge in [0, 0.05) is 22.9 Å². The number of nitrogens with one attached hydrogen (secondary N) is 1. The summed E-state index contributed by atoms with van der Waals surface area (Å²) in [5, 5.41) is 3.23. The molecule has 0 saturated carbocycles. The van der Waals surface area contributed by atoms with Crippen molar-refractivity contribution in [1.29, 1.82) is 0 Å². The Morgan fingerprint density at radius 1 is 1.04 bits per heavy atom. The molecule has 1 heterocycles. The molecule has 0 bridgehead atoms. The number of rotatable bonds is 7. The molecule has 0 aliphatic carbocycles. The van der Waals surface area contributed by atoms with Crippen LogP contribution in [-0.2, 0) is 18.1 Å². The lowest BCUT2D eigenvalue weighted by atomic mass is 10.2. The normalized spacial score (nSPS) is 10.7. The Morgan fingerprint density at radius 3 is 2.62 bits per heavy atom. The number of amides is 1. The van der Waals surface area contributed by atoms with Crippen LogP contribution in [0.1, 0.15) is 27.4 Å². The molecule has 0 aliphatic rings. The van der Waals surface area contributed by atoms with E-state index in [2.05, 4.69) is 5.32 Å². The molecule has 0 atom stereocenters. The third-order valence-corrected chi connectivity index (χ3v) is 5.07. The molecule has 1 amide bonds. The van der Waals surface area contributed by atoms with Crippen molar-refractivity contribution in [2.45, 2.75) is 18.1 Å². The lowest BCUT2D eigenvalue weighted by molar-refractivity contribution is 0.0922. The van der Waals surface area contributed by atoms with Crippen LogP contribution in [0.3, 0.4) is 0 Å².